The Balaban J connectivity index is 1.97. The van der Waals surface area contributed by atoms with E-state index < -0.39 is 5.91 Å². The lowest BCUT2D eigenvalue weighted by Crippen LogP contribution is -2.12. The van der Waals surface area contributed by atoms with Gasteiger partial charge >= 0.3 is 0 Å². The molecule has 0 aliphatic carbocycles. The molecule has 0 aliphatic heterocycles. The number of primary amides is 1. The van der Waals surface area contributed by atoms with Crippen molar-refractivity contribution in [2.75, 3.05) is 6.61 Å². The first-order valence-electron chi connectivity index (χ1n) is 7.03. The van der Waals surface area contributed by atoms with Crippen LogP contribution >= 0.6 is 0 Å². The Kier molecular flexibility index (Phi) is 5.49. The standard InChI is InChI=1S/C15H17N5O2/c16-8-3-1-2-4-9-22-12-7-5-6-11(10-12)13-14(15(17)21)19-20-18-13/h5-7,10H,1-4,9H2,(H2,17,21)(H,18,19,20). The molecular weight excluding hydrogens is 282 g/mol. The molecule has 3 N–H and O–H groups in total. The monoisotopic (exact) mass is 299 g/mol. The van der Waals surface area contributed by atoms with Crippen molar-refractivity contribution in [3.05, 3.63) is 30.0 Å². The van der Waals surface area contributed by atoms with E-state index in [2.05, 4.69) is 21.5 Å². The molecule has 0 saturated carbocycles. The fraction of sp³-hybridized carbons (Fsp3) is 0.333. The molecule has 0 unspecified atom stereocenters. The summed E-state index contributed by atoms with van der Waals surface area (Å²) in [7, 11) is 0. The van der Waals surface area contributed by atoms with Crippen molar-refractivity contribution < 1.29 is 9.53 Å². The van der Waals surface area contributed by atoms with E-state index in [4.69, 9.17) is 15.7 Å². The SMILES string of the molecule is N#CCCCCCOc1cccc(-c2n[nH]nc2C(N)=O)c1. The number of nitriles is 1. The average molecular weight is 299 g/mol. The van der Waals surface area contributed by atoms with Crippen molar-refractivity contribution in [1.82, 2.24) is 15.4 Å². The van der Waals surface area contributed by atoms with Crippen LogP contribution in [0.15, 0.2) is 24.3 Å². The van der Waals surface area contributed by atoms with Gasteiger partial charge in [0.15, 0.2) is 5.69 Å². The van der Waals surface area contributed by atoms with Crippen molar-refractivity contribution in [3.8, 4) is 23.1 Å². The smallest absolute Gasteiger partial charge is 0.271 e. The van der Waals surface area contributed by atoms with Gasteiger partial charge < -0.3 is 10.5 Å². The number of ether oxygens (including phenoxy) is 1. The van der Waals surface area contributed by atoms with Crippen molar-refractivity contribution in [1.29, 1.82) is 5.26 Å². The predicted octanol–water partition coefficient (Wildman–Crippen LogP) is 2.03. The lowest BCUT2D eigenvalue weighted by Gasteiger charge is -2.07. The van der Waals surface area contributed by atoms with E-state index in [1.54, 1.807) is 6.07 Å². The van der Waals surface area contributed by atoms with Crippen molar-refractivity contribution in [2.24, 2.45) is 5.73 Å². The van der Waals surface area contributed by atoms with E-state index in [1.807, 2.05) is 18.2 Å². The molecule has 114 valence electrons. The molecule has 0 atom stereocenters. The molecule has 2 aromatic rings. The summed E-state index contributed by atoms with van der Waals surface area (Å²) in [5, 5.41) is 18.6. The second-order valence-corrected chi connectivity index (χ2v) is 4.73. The highest BCUT2D eigenvalue weighted by molar-refractivity contribution is 5.96. The number of hydrogen-bond acceptors (Lipinski definition) is 5. The van der Waals surface area contributed by atoms with Gasteiger partial charge in [0.2, 0.25) is 0 Å². The molecule has 1 amide bonds. The Morgan fingerprint density at radius 2 is 2.18 bits per heavy atom. The molecule has 0 aliphatic rings. The molecule has 22 heavy (non-hydrogen) atoms. The van der Waals surface area contributed by atoms with E-state index in [0.717, 1.165) is 19.3 Å². The Morgan fingerprint density at radius 1 is 1.32 bits per heavy atom. The van der Waals surface area contributed by atoms with Crippen LogP contribution in [0.3, 0.4) is 0 Å². The summed E-state index contributed by atoms with van der Waals surface area (Å²) >= 11 is 0. The van der Waals surface area contributed by atoms with Crippen LogP contribution in [0, 0.1) is 11.3 Å². The first-order valence-corrected chi connectivity index (χ1v) is 7.03. The van der Waals surface area contributed by atoms with Gasteiger partial charge in [-0.3, -0.25) is 4.79 Å². The molecule has 0 bridgehead atoms. The zero-order chi connectivity index (χ0) is 15.8. The van der Waals surface area contributed by atoms with Crippen LogP contribution in [0.4, 0.5) is 0 Å². The van der Waals surface area contributed by atoms with Gasteiger partial charge in [-0.05, 0) is 31.4 Å². The maximum atomic E-state index is 11.3. The molecule has 0 fully saturated rings. The molecule has 1 heterocycles. The number of aromatic nitrogens is 3. The van der Waals surface area contributed by atoms with Crippen LogP contribution in [0.1, 0.15) is 36.2 Å². The van der Waals surface area contributed by atoms with Gasteiger partial charge in [-0.25, -0.2) is 0 Å². The molecule has 0 radical (unpaired) electrons. The first-order chi connectivity index (χ1) is 10.7. The largest absolute Gasteiger partial charge is 0.494 e. The number of nitrogens with two attached hydrogens (primary N) is 1. The van der Waals surface area contributed by atoms with E-state index in [0.29, 0.717) is 30.0 Å². The maximum Gasteiger partial charge on any atom is 0.271 e. The lowest BCUT2D eigenvalue weighted by atomic mass is 10.1. The van der Waals surface area contributed by atoms with Crippen LogP contribution in [0.5, 0.6) is 5.75 Å². The Bertz CT molecular complexity index is 675. The molecule has 2 rings (SSSR count). The van der Waals surface area contributed by atoms with Gasteiger partial charge in [0.05, 0.1) is 12.7 Å². The fourth-order valence-electron chi connectivity index (χ4n) is 2.01. The third-order valence-electron chi connectivity index (χ3n) is 3.09. The van der Waals surface area contributed by atoms with Crippen LogP contribution in [-0.4, -0.2) is 27.9 Å². The number of nitrogens with zero attached hydrogens (tertiary/aromatic N) is 3. The number of carbonyl (C=O) groups is 1. The molecule has 0 spiro atoms. The van der Waals surface area contributed by atoms with E-state index >= 15 is 0 Å². The highest BCUT2D eigenvalue weighted by Gasteiger charge is 2.15. The highest BCUT2D eigenvalue weighted by atomic mass is 16.5. The molecule has 0 saturated heterocycles. The summed E-state index contributed by atoms with van der Waals surface area (Å²) in [6.07, 6.45) is 3.32. The van der Waals surface area contributed by atoms with Crippen molar-refractivity contribution in [2.45, 2.75) is 25.7 Å². The molecule has 7 heteroatoms. The van der Waals surface area contributed by atoms with E-state index in [1.165, 1.54) is 0 Å². The average Bonchev–Trinajstić information content (AvgIpc) is 3.01. The van der Waals surface area contributed by atoms with E-state index in [-0.39, 0.29) is 5.69 Å². The Labute approximate surface area is 128 Å². The van der Waals surface area contributed by atoms with Crippen LogP contribution in [0.2, 0.25) is 0 Å². The predicted molar refractivity (Wildman–Crippen MR) is 79.9 cm³/mol. The summed E-state index contributed by atoms with van der Waals surface area (Å²) in [5.41, 5.74) is 6.48. The zero-order valence-electron chi connectivity index (χ0n) is 12.1. The molecule has 7 nitrogen and oxygen atoms in total. The third kappa shape index (κ3) is 4.06. The topological polar surface area (TPSA) is 118 Å². The Morgan fingerprint density at radius 3 is 2.95 bits per heavy atom. The maximum absolute atomic E-state index is 11.3. The van der Waals surface area contributed by atoms with Gasteiger partial charge in [-0.1, -0.05) is 12.1 Å². The van der Waals surface area contributed by atoms with Crippen LogP contribution < -0.4 is 10.5 Å². The second-order valence-electron chi connectivity index (χ2n) is 4.73. The number of hydrogen-bond donors (Lipinski definition) is 2. The lowest BCUT2D eigenvalue weighted by molar-refractivity contribution is 0.0996. The minimum absolute atomic E-state index is 0.105. The summed E-state index contributed by atoms with van der Waals surface area (Å²) < 4.78 is 5.67. The summed E-state index contributed by atoms with van der Waals surface area (Å²) in [6.45, 7) is 0.580. The minimum atomic E-state index is -0.632. The third-order valence-corrected chi connectivity index (χ3v) is 3.09. The number of amides is 1. The molecular formula is C15H17N5O2. The Hall–Kier alpha value is -2.88. The van der Waals surface area contributed by atoms with Gasteiger partial charge in [-0.2, -0.15) is 20.7 Å². The highest BCUT2D eigenvalue weighted by Crippen LogP contribution is 2.24. The summed E-state index contributed by atoms with van der Waals surface area (Å²) in [4.78, 5) is 11.3. The number of aromatic amines is 1. The summed E-state index contributed by atoms with van der Waals surface area (Å²) in [6, 6.07) is 9.38. The number of nitrogens with one attached hydrogen (secondary N) is 1. The zero-order valence-corrected chi connectivity index (χ0v) is 12.1. The first kappa shape index (κ1) is 15.5. The second kappa shape index (κ2) is 7.78. The van der Waals surface area contributed by atoms with Gasteiger partial charge in [-0.15, -0.1) is 0 Å². The number of benzene rings is 1. The fourth-order valence-corrected chi connectivity index (χ4v) is 2.01. The van der Waals surface area contributed by atoms with Gasteiger partial charge in [0, 0.05) is 12.0 Å². The van der Waals surface area contributed by atoms with E-state index in [9.17, 15) is 4.79 Å². The van der Waals surface area contributed by atoms with Gasteiger partial charge in [0.25, 0.3) is 5.91 Å². The van der Waals surface area contributed by atoms with Crippen LogP contribution in [0.25, 0.3) is 11.3 Å². The normalized spacial score (nSPS) is 10.1. The quantitative estimate of drug-likeness (QED) is 0.723. The number of rotatable bonds is 8. The van der Waals surface area contributed by atoms with Crippen LogP contribution in [-0.2, 0) is 0 Å². The molecule has 1 aromatic heterocycles. The number of carbonyl (C=O) groups excluding carboxylic acids is 1. The van der Waals surface area contributed by atoms with Crippen molar-refractivity contribution in [3.63, 3.8) is 0 Å². The number of H-pyrrole nitrogens is 1. The summed E-state index contributed by atoms with van der Waals surface area (Å²) in [5.74, 6) is 0.0590. The van der Waals surface area contributed by atoms with Gasteiger partial charge in [0.1, 0.15) is 11.4 Å². The molecule has 1 aromatic carbocycles. The minimum Gasteiger partial charge on any atom is -0.494 e. The van der Waals surface area contributed by atoms with Crippen molar-refractivity contribution >= 4 is 5.91 Å². The number of unbranched alkanes of at least 4 members (excludes halogenated alkanes) is 3.